The fraction of sp³-hybridized carbons (Fsp3) is 0.174. The van der Waals surface area contributed by atoms with Crippen LogP contribution in [0.1, 0.15) is 16.7 Å². The number of hydrogen-bond acceptors (Lipinski definition) is 3. The maximum atomic E-state index is 12.9. The molecule has 148 valence electrons. The topological polar surface area (TPSA) is 41.6 Å². The molecule has 6 heteroatoms. The average Bonchev–Trinajstić information content (AvgIpc) is 3.04. The Morgan fingerprint density at radius 1 is 0.862 bits per heavy atom. The van der Waals surface area contributed by atoms with E-state index in [1.165, 1.54) is 12.1 Å². The van der Waals surface area contributed by atoms with Gasteiger partial charge in [-0.15, -0.1) is 0 Å². The molecule has 0 radical (unpaired) electrons. The molecule has 1 unspecified atom stereocenters. The van der Waals surface area contributed by atoms with Gasteiger partial charge in [-0.2, -0.15) is 13.2 Å². The molecule has 1 aliphatic rings. The van der Waals surface area contributed by atoms with Crippen molar-refractivity contribution in [3.05, 3.63) is 95.6 Å². The van der Waals surface area contributed by atoms with Crippen LogP contribution in [0.5, 0.6) is 0 Å². The molecule has 3 aromatic rings. The van der Waals surface area contributed by atoms with Crippen molar-refractivity contribution in [2.24, 2.45) is 10.7 Å². The van der Waals surface area contributed by atoms with E-state index >= 15 is 0 Å². The summed E-state index contributed by atoms with van der Waals surface area (Å²) in [6.07, 6.45) is -4.35. The van der Waals surface area contributed by atoms with Gasteiger partial charge < -0.3 is 10.6 Å². The highest BCUT2D eigenvalue weighted by Crippen LogP contribution is 2.39. The van der Waals surface area contributed by atoms with E-state index < -0.39 is 17.3 Å². The Balaban J connectivity index is 1.79. The van der Waals surface area contributed by atoms with Gasteiger partial charge in [0.05, 0.1) is 12.1 Å². The second-order valence-electron chi connectivity index (χ2n) is 7.21. The molecule has 29 heavy (non-hydrogen) atoms. The Hall–Kier alpha value is -3.28. The summed E-state index contributed by atoms with van der Waals surface area (Å²) < 4.78 is 38.6. The van der Waals surface area contributed by atoms with Gasteiger partial charge in [-0.05, 0) is 40.5 Å². The summed E-state index contributed by atoms with van der Waals surface area (Å²) >= 11 is 0. The number of benzene rings is 3. The van der Waals surface area contributed by atoms with E-state index in [9.17, 15) is 13.2 Å². The molecule has 0 saturated heterocycles. The molecule has 0 spiro atoms. The summed E-state index contributed by atoms with van der Waals surface area (Å²) in [7, 11) is 1.89. The molecule has 2 N–H and O–H groups in total. The summed E-state index contributed by atoms with van der Waals surface area (Å²) in [6.45, 7) is 0.583. The summed E-state index contributed by atoms with van der Waals surface area (Å²) in [5, 5.41) is 0. The lowest BCUT2D eigenvalue weighted by Crippen LogP contribution is -2.34. The zero-order chi connectivity index (χ0) is 20.6. The number of aliphatic imine (C=N–C) groups is 1. The van der Waals surface area contributed by atoms with Crippen LogP contribution in [-0.4, -0.2) is 24.5 Å². The number of nitrogens with zero attached hydrogens (tertiary/aromatic N) is 2. The number of alkyl halides is 3. The van der Waals surface area contributed by atoms with E-state index in [0.29, 0.717) is 18.1 Å². The summed E-state index contributed by atoms with van der Waals surface area (Å²) in [5.41, 5.74) is 8.27. The Bertz CT molecular complexity index is 1040. The Kier molecular flexibility index (Phi) is 4.57. The van der Waals surface area contributed by atoms with Crippen LogP contribution in [0.3, 0.4) is 0 Å². The second kappa shape index (κ2) is 6.95. The minimum Gasteiger partial charge on any atom is -0.370 e. The van der Waals surface area contributed by atoms with E-state index in [1.54, 1.807) is 0 Å². The van der Waals surface area contributed by atoms with Gasteiger partial charge in [0.2, 0.25) is 0 Å². The number of halogens is 3. The fourth-order valence-corrected chi connectivity index (χ4v) is 3.74. The summed E-state index contributed by atoms with van der Waals surface area (Å²) in [4.78, 5) is 6.69. The van der Waals surface area contributed by atoms with E-state index in [0.717, 1.165) is 28.8 Å². The monoisotopic (exact) mass is 395 g/mol. The highest BCUT2D eigenvalue weighted by atomic mass is 19.4. The van der Waals surface area contributed by atoms with Crippen LogP contribution in [-0.2, 0) is 11.7 Å². The molecule has 3 aromatic carbocycles. The van der Waals surface area contributed by atoms with Crippen LogP contribution in [0.4, 0.5) is 13.2 Å². The molecular formula is C23H20F3N3. The highest BCUT2D eigenvalue weighted by Gasteiger charge is 2.40. The molecule has 0 bridgehead atoms. The van der Waals surface area contributed by atoms with E-state index in [-0.39, 0.29) is 0 Å². The van der Waals surface area contributed by atoms with Crippen LogP contribution in [0, 0.1) is 0 Å². The number of guanidine groups is 1. The van der Waals surface area contributed by atoms with Gasteiger partial charge in [0, 0.05) is 7.05 Å². The number of likely N-dealkylation sites (N-methyl/N-ethyl adjacent to an activating group) is 1. The number of nitrogens with two attached hydrogens (primary N) is 1. The van der Waals surface area contributed by atoms with Gasteiger partial charge in [-0.25, -0.2) is 4.99 Å². The summed E-state index contributed by atoms with van der Waals surface area (Å²) in [5.74, 6) is 0.453. The van der Waals surface area contributed by atoms with Crippen LogP contribution in [0.2, 0.25) is 0 Å². The van der Waals surface area contributed by atoms with Gasteiger partial charge in [-0.1, -0.05) is 60.7 Å². The highest BCUT2D eigenvalue weighted by molar-refractivity contribution is 5.81. The molecule has 0 fully saturated rings. The predicted octanol–water partition coefficient (Wildman–Crippen LogP) is 4.88. The molecule has 1 atom stereocenters. The third-order valence-electron chi connectivity index (χ3n) is 5.30. The van der Waals surface area contributed by atoms with Gasteiger partial charge >= 0.3 is 6.18 Å². The first-order valence-corrected chi connectivity index (χ1v) is 9.20. The van der Waals surface area contributed by atoms with Gasteiger partial charge in [0.1, 0.15) is 5.54 Å². The fourth-order valence-electron chi connectivity index (χ4n) is 3.74. The molecule has 0 aliphatic carbocycles. The van der Waals surface area contributed by atoms with E-state index in [1.807, 2.05) is 66.5 Å². The molecule has 1 aliphatic heterocycles. The van der Waals surface area contributed by atoms with Gasteiger partial charge in [0.15, 0.2) is 5.96 Å². The van der Waals surface area contributed by atoms with E-state index in [2.05, 4.69) is 0 Å². The minimum absolute atomic E-state index is 0.453. The third-order valence-corrected chi connectivity index (χ3v) is 5.30. The first-order chi connectivity index (χ1) is 13.8. The lowest BCUT2D eigenvalue weighted by atomic mass is 9.82. The Labute approximate surface area is 167 Å². The molecule has 4 rings (SSSR count). The van der Waals surface area contributed by atoms with Gasteiger partial charge in [0.25, 0.3) is 0 Å². The largest absolute Gasteiger partial charge is 0.416 e. The number of hydrogen-bond donors (Lipinski definition) is 1. The third kappa shape index (κ3) is 3.46. The average molecular weight is 395 g/mol. The quantitative estimate of drug-likeness (QED) is 0.687. The molecule has 1 heterocycles. The lowest BCUT2D eigenvalue weighted by molar-refractivity contribution is -0.137. The Morgan fingerprint density at radius 3 is 2.10 bits per heavy atom. The molecule has 3 nitrogen and oxygen atoms in total. The van der Waals surface area contributed by atoms with Crippen LogP contribution in [0.15, 0.2) is 83.9 Å². The van der Waals surface area contributed by atoms with Crippen molar-refractivity contribution in [3.63, 3.8) is 0 Å². The normalized spacial score (nSPS) is 19.3. The van der Waals surface area contributed by atoms with Crippen molar-refractivity contribution in [2.75, 3.05) is 13.6 Å². The Morgan fingerprint density at radius 2 is 1.52 bits per heavy atom. The maximum absolute atomic E-state index is 12.9. The van der Waals surface area contributed by atoms with E-state index in [4.69, 9.17) is 10.7 Å². The van der Waals surface area contributed by atoms with Crippen LogP contribution >= 0.6 is 0 Å². The SMILES string of the molecule is CN1CC(c2ccccc2)(c2cccc(-c3ccc(C(F)(F)F)cc3)c2)N=C1N. The maximum Gasteiger partial charge on any atom is 0.416 e. The first kappa shape index (κ1) is 19.1. The van der Waals surface area contributed by atoms with Crippen molar-refractivity contribution in [1.82, 2.24) is 4.90 Å². The van der Waals surface area contributed by atoms with Crippen LogP contribution < -0.4 is 5.73 Å². The zero-order valence-electron chi connectivity index (χ0n) is 15.8. The zero-order valence-corrected chi connectivity index (χ0v) is 15.8. The smallest absolute Gasteiger partial charge is 0.370 e. The van der Waals surface area contributed by atoms with Crippen molar-refractivity contribution in [2.45, 2.75) is 11.7 Å². The van der Waals surface area contributed by atoms with Gasteiger partial charge in [-0.3, -0.25) is 0 Å². The first-order valence-electron chi connectivity index (χ1n) is 9.20. The van der Waals surface area contributed by atoms with Crippen molar-refractivity contribution in [1.29, 1.82) is 0 Å². The predicted molar refractivity (Wildman–Crippen MR) is 108 cm³/mol. The lowest BCUT2D eigenvalue weighted by Gasteiger charge is -2.28. The van der Waals surface area contributed by atoms with Crippen molar-refractivity contribution >= 4 is 5.96 Å². The standard InChI is InChI=1S/C23H20F3N3/c1-29-15-22(28-21(29)27,18-7-3-2-4-8-18)20-9-5-6-17(14-20)16-10-12-19(13-11-16)23(24,25)26/h2-14H,15H2,1H3,(H2,27,28). The van der Waals surface area contributed by atoms with Crippen molar-refractivity contribution in [3.8, 4) is 11.1 Å². The molecular weight excluding hydrogens is 375 g/mol. The second-order valence-corrected chi connectivity index (χ2v) is 7.21. The van der Waals surface area contributed by atoms with Crippen molar-refractivity contribution < 1.29 is 13.2 Å². The molecule has 0 aromatic heterocycles. The molecule has 0 amide bonds. The number of rotatable bonds is 3. The molecule has 0 saturated carbocycles. The summed E-state index contributed by atoms with van der Waals surface area (Å²) in [6, 6.07) is 22.8. The minimum atomic E-state index is -4.35. The van der Waals surface area contributed by atoms with Crippen LogP contribution in [0.25, 0.3) is 11.1 Å².